The summed E-state index contributed by atoms with van der Waals surface area (Å²) in [6.45, 7) is 5.07. The van der Waals surface area contributed by atoms with Crippen LogP contribution in [-0.4, -0.2) is 19.6 Å². The van der Waals surface area contributed by atoms with Gasteiger partial charge in [-0.3, -0.25) is 0 Å². The molecule has 0 aliphatic rings. The number of methoxy groups -OCH3 is 1. The molecule has 5 heteroatoms. The van der Waals surface area contributed by atoms with E-state index in [1.165, 1.54) is 12.0 Å². The molecule has 0 aliphatic heterocycles. The third-order valence-corrected chi connectivity index (χ3v) is 4.66. The van der Waals surface area contributed by atoms with E-state index in [0.717, 1.165) is 12.2 Å². The van der Waals surface area contributed by atoms with E-state index in [1.54, 1.807) is 23.5 Å². The van der Waals surface area contributed by atoms with E-state index in [9.17, 15) is 4.79 Å². The van der Waals surface area contributed by atoms with Crippen molar-refractivity contribution in [3.8, 4) is 0 Å². The normalized spacial score (nSPS) is 11.2. The summed E-state index contributed by atoms with van der Waals surface area (Å²) in [4.78, 5) is 12.9. The number of carbonyl (C=O) groups excluding carboxylic acids is 1. The minimum Gasteiger partial charge on any atom is -0.465 e. The van der Waals surface area contributed by atoms with Crippen molar-refractivity contribution in [1.82, 2.24) is 0 Å². The summed E-state index contributed by atoms with van der Waals surface area (Å²) in [5, 5.41) is 5.41. The number of para-hydroxylation sites is 1. The van der Waals surface area contributed by atoms with Gasteiger partial charge >= 0.3 is 5.97 Å². The van der Waals surface area contributed by atoms with E-state index in [4.69, 9.17) is 10.5 Å². The number of thiophene rings is 1. The van der Waals surface area contributed by atoms with Crippen LogP contribution in [0.5, 0.6) is 0 Å². The number of nitrogen functional groups attached to an aromatic ring is 1. The first kappa shape index (κ1) is 15.4. The van der Waals surface area contributed by atoms with Gasteiger partial charge in [0.25, 0.3) is 0 Å². The highest BCUT2D eigenvalue weighted by atomic mass is 32.1. The van der Waals surface area contributed by atoms with Crippen LogP contribution >= 0.6 is 11.3 Å². The van der Waals surface area contributed by atoms with Crippen molar-refractivity contribution in [2.75, 3.05) is 24.7 Å². The summed E-state index contributed by atoms with van der Waals surface area (Å²) < 4.78 is 4.73. The van der Waals surface area contributed by atoms with Crippen LogP contribution in [0.1, 0.15) is 29.1 Å². The predicted octanol–water partition coefficient (Wildman–Crippen LogP) is 3.51. The molecule has 0 spiro atoms. The molecule has 2 rings (SSSR count). The molecule has 0 aliphatic carbocycles. The second-order valence-corrected chi connectivity index (χ2v) is 6.42. The van der Waals surface area contributed by atoms with E-state index in [2.05, 4.69) is 30.6 Å². The summed E-state index contributed by atoms with van der Waals surface area (Å²) in [7, 11) is 1.35. The van der Waals surface area contributed by atoms with Gasteiger partial charge in [-0.2, -0.15) is 0 Å². The van der Waals surface area contributed by atoms with Gasteiger partial charge in [0.2, 0.25) is 0 Å². The number of hydrogen-bond donors (Lipinski definition) is 2. The van der Waals surface area contributed by atoms with E-state index >= 15 is 0 Å². The summed E-state index contributed by atoms with van der Waals surface area (Å²) in [6, 6.07) is 9.50. The van der Waals surface area contributed by atoms with Gasteiger partial charge in [0, 0.05) is 16.8 Å². The fourth-order valence-electron chi connectivity index (χ4n) is 2.07. The van der Waals surface area contributed by atoms with Crippen LogP contribution < -0.4 is 11.1 Å². The van der Waals surface area contributed by atoms with Gasteiger partial charge < -0.3 is 15.8 Å². The molecule has 112 valence electrons. The zero-order valence-electron chi connectivity index (χ0n) is 12.5. The van der Waals surface area contributed by atoms with Crippen LogP contribution in [0.25, 0.3) is 0 Å². The van der Waals surface area contributed by atoms with E-state index < -0.39 is 5.97 Å². The minimum atomic E-state index is -0.423. The van der Waals surface area contributed by atoms with Crippen LogP contribution in [0.2, 0.25) is 0 Å². The molecule has 1 heterocycles. The molecule has 4 nitrogen and oxygen atoms in total. The molecule has 3 N–H and O–H groups in total. The fraction of sp³-hybridized carbons (Fsp3) is 0.312. The molecule has 0 unspecified atom stereocenters. The number of carbonyl (C=O) groups is 1. The summed E-state index contributed by atoms with van der Waals surface area (Å²) >= 11 is 1.74. The lowest BCUT2D eigenvalue weighted by atomic mass is 9.91. The predicted molar refractivity (Wildman–Crippen MR) is 88.0 cm³/mol. The Morgan fingerprint density at radius 1 is 1.33 bits per heavy atom. The highest BCUT2D eigenvalue weighted by molar-refractivity contribution is 7.10. The number of nitrogens with one attached hydrogen (secondary N) is 1. The summed E-state index contributed by atoms with van der Waals surface area (Å²) in [6.07, 6.45) is 0. The van der Waals surface area contributed by atoms with Crippen molar-refractivity contribution in [3.05, 3.63) is 46.2 Å². The van der Waals surface area contributed by atoms with Gasteiger partial charge in [-0.15, -0.1) is 11.3 Å². The first-order valence-corrected chi connectivity index (χ1v) is 7.58. The highest BCUT2D eigenvalue weighted by Crippen LogP contribution is 2.29. The van der Waals surface area contributed by atoms with Crippen molar-refractivity contribution >= 4 is 28.7 Å². The van der Waals surface area contributed by atoms with Gasteiger partial charge in [-0.05, 0) is 23.6 Å². The largest absolute Gasteiger partial charge is 0.465 e. The van der Waals surface area contributed by atoms with Crippen LogP contribution in [0.15, 0.2) is 35.7 Å². The Balaban J connectivity index is 2.16. The molecule has 21 heavy (non-hydrogen) atoms. The van der Waals surface area contributed by atoms with Gasteiger partial charge in [-0.1, -0.05) is 26.0 Å². The molecule has 0 radical (unpaired) electrons. The lowest BCUT2D eigenvalue weighted by Crippen LogP contribution is -2.27. The molecule has 0 saturated heterocycles. The van der Waals surface area contributed by atoms with Crippen molar-refractivity contribution < 1.29 is 9.53 Å². The first-order chi connectivity index (χ1) is 9.95. The maximum absolute atomic E-state index is 11.6. The first-order valence-electron chi connectivity index (χ1n) is 6.70. The Bertz CT molecular complexity index is 621. The molecular weight excluding hydrogens is 284 g/mol. The molecule has 0 amide bonds. The van der Waals surface area contributed by atoms with E-state index in [1.807, 2.05) is 12.1 Å². The number of esters is 1. The zero-order valence-corrected chi connectivity index (χ0v) is 13.3. The number of anilines is 2. The minimum absolute atomic E-state index is 0.0120. The van der Waals surface area contributed by atoms with E-state index in [-0.39, 0.29) is 5.41 Å². The SMILES string of the molecule is COC(=O)c1cccc(NCC(C)(C)c2cccs2)c1N. The van der Waals surface area contributed by atoms with Crippen LogP contribution in [0, 0.1) is 0 Å². The second kappa shape index (κ2) is 6.18. The van der Waals surface area contributed by atoms with Crippen molar-refractivity contribution in [3.63, 3.8) is 0 Å². The second-order valence-electron chi connectivity index (χ2n) is 5.47. The van der Waals surface area contributed by atoms with Crippen molar-refractivity contribution in [2.45, 2.75) is 19.3 Å². The molecule has 2 aromatic rings. The van der Waals surface area contributed by atoms with Gasteiger partial charge in [0.15, 0.2) is 0 Å². The summed E-state index contributed by atoms with van der Waals surface area (Å²) in [5.74, 6) is -0.423. The number of rotatable bonds is 5. The molecule has 0 atom stereocenters. The summed E-state index contributed by atoms with van der Waals surface area (Å²) in [5.41, 5.74) is 7.60. The Hall–Kier alpha value is -2.01. The standard InChI is InChI=1S/C16H20N2O2S/c1-16(2,13-8-5-9-21-13)10-18-12-7-4-6-11(14(12)17)15(19)20-3/h4-9,18H,10,17H2,1-3H3. The number of hydrogen-bond acceptors (Lipinski definition) is 5. The maximum Gasteiger partial charge on any atom is 0.340 e. The zero-order chi connectivity index (χ0) is 15.5. The Labute approximate surface area is 128 Å². The maximum atomic E-state index is 11.6. The van der Waals surface area contributed by atoms with Gasteiger partial charge in [0.05, 0.1) is 24.0 Å². The van der Waals surface area contributed by atoms with Crippen LogP contribution in [0.4, 0.5) is 11.4 Å². The Morgan fingerprint density at radius 3 is 2.71 bits per heavy atom. The molecule has 0 saturated carbocycles. The number of nitrogens with two attached hydrogens (primary N) is 1. The van der Waals surface area contributed by atoms with E-state index in [0.29, 0.717) is 11.3 Å². The molecule has 1 aromatic carbocycles. The average Bonchev–Trinajstić information content (AvgIpc) is 3.00. The molecule has 0 fully saturated rings. The smallest absolute Gasteiger partial charge is 0.340 e. The number of ether oxygens (including phenoxy) is 1. The third-order valence-electron chi connectivity index (χ3n) is 3.42. The van der Waals surface area contributed by atoms with Crippen molar-refractivity contribution in [1.29, 1.82) is 0 Å². The molecular formula is C16H20N2O2S. The Kier molecular flexibility index (Phi) is 4.53. The van der Waals surface area contributed by atoms with Crippen molar-refractivity contribution in [2.24, 2.45) is 0 Å². The van der Waals surface area contributed by atoms with Gasteiger partial charge in [0.1, 0.15) is 0 Å². The lowest BCUT2D eigenvalue weighted by Gasteiger charge is -2.25. The van der Waals surface area contributed by atoms with Gasteiger partial charge in [-0.25, -0.2) is 4.79 Å². The van der Waals surface area contributed by atoms with Crippen LogP contribution in [0.3, 0.4) is 0 Å². The monoisotopic (exact) mass is 304 g/mol. The topological polar surface area (TPSA) is 64.3 Å². The lowest BCUT2D eigenvalue weighted by molar-refractivity contribution is 0.0602. The third kappa shape index (κ3) is 3.36. The number of benzene rings is 1. The Morgan fingerprint density at radius 2 is 2.10 bits per heavy atom. The fourth-order valence-corrected chi connectivity index (χ4v) is 2.93. The molecule has 1 aromatic heterocycles. The quantitative estimate of drug-likeness (QED) is 0.655. The van der Waals surface area contributed by atoms with Crippen LogP contribution in [-0.2, 0) is 10.2 Å². The highest BCUT2D eigenvalue weighted by Gasteiger charge is 2.22. The molecule has 0 bridgehead atoms. The average molecular weight is 304 g/mol.